The lowest BCUT2D eigenvalue weighted by Gasteiger charge is -2.18. The summed E-state index contributed by atoms with van der Waals surface area (Å²) in [6, 6.07) is 0. The van der Waals surface area contributed by atoms with Crippen LogP contribution in [0, 0.1) is 5.92 Å². The fourth-order valence-corrected chi connectivity index (χ4v) is 0.707. The van der Waals surface area contributed by atoms with Gasteiger partial charge in [-0.1, -0.05) is 13.8 Å². The summed E-state index contributed by atoms with van der Waals surface area (Å²) in [5.41, 5.74) is 3.15. The highest BCUT2D eigenvalue weighted by Gasteiger charge is 2.05. The Kier molecular flexibility index (Phi) is 6.34. The van der Waals surface area contributed by atoms with Crippen LogP contribution in [0.2, 0.25) is 0 Å². The van der Waals surface area contributed by atoms with Crippen LogP contribution in [0.5, 0.6) is 0 Å². The normalized spacial score (nSPS) is 14.2. The first-order valence-electron chi connectivity index (χ1n) is 4.56. The number of hydrogen-bond donors (Lipinski definition) is 1. The van der Waals surface area contributed by atoms with Crippen molar-refractivity contribution in [2.24, 2.45) is 5.92 Å². The number of ether oxygens (including phenoxy) is 1. The Balaban J connectivity index is 3.20. The van der Waals surface area contributed by atoms with Crippen molar-refractivity contribution in [3.8, 4) is 0 Å². The summed E-state index contributed by atoms with van der Waals surface area (Å²) < 4.78 is 5.56. The van der Waals surface area contributed by atoms with Crippen molar-refractivity contribution in [3.63, 3.8) is 0 Å². The van der Waals surface area contributed by atoms with Crippen LogP contribution in [0.4, 0.5) is 0 Å². The highest BCUT2D eigenvalue weighted by molar-refractivity contribution is 4.54. The molecule has 0 fully saturated rings. The minimum Gasteiger partial charge on any atom is -0.377 e. The molecule has 0 aromatic heterocycles. The maximum Gasteiger partial charge on any atom is 0.0608 e. The van der Waals surface area contributed by atoms with Gasteiger partial charge in [0.15, 0.2) is 0 Å². The second kappa shape index (κ2) is 6.40. The largest absolute Gasteiger partial charge is 0.377 e. The molecule has 1 N–H and O–H groups in total. The highest BCUT2D eigenvalue weighted by atomic mass is 16.5. The van der Waals surface area contributed by atoms with Crippen molar-refractivity contribution in [1.29, 1.82) is 0 Å². The topological polar surface area (TPSA) is 24.5 Å². The average molecular weight is 174 g/mol. The Labute approximate surface area is 76.1 Å². The molecule has 0 aliphatic carbocycles. The molecule has 0 saturated carbocycles. The van der Waals surface area contributed by atoms with Crippen LogP contribution in [-0.2, 0) is 4.74 Å². The van der Waals surface area contributed by atoms with E-state index >= 15 is 0 Å². The molecule has 3 nitrogen and oxygen atoms in total. The summed E-state index contributed by atoms with van der Waals surface area (Å²) in [7, 11) is 3.96. The second-order valence-corrected chi connectivity index (χ2v) is 3.62. The molecule has 12 heavy (non-hydrogen) atoms. The summed E-state index contributed by atoms with van der Waals surface area (Å²) in [6.07, 6.45) is 0.356. The van der Waals surface area contributed by atoms with E-state index in [4.69, 9.17) is 4.74 Å². The van der Waals surface area contributed by atoms with Crippen LogP contribution in [0.1, 0.15) is 20.8 Å². The Morgan fingerprint density at radius 3 is 2.25 bits per heavy atom. The van der Waals surface area contributed by atoms with Crippen LogP contribution in [0.3, 0.4) is 0 Å². The van der Waals surface area contributed by atoms with E-state index < -0.39 is 0 Å². The molecule has 0 saturated heterocycles. The molecule has 74 valence electrons. The van der Waals surface area contributed by atoms with E-state index in [0.717, 1.165) is 13.2 Å². The van der Waals surface area contributed by atoms with Crippen LogP contribution < -0.4 is 5.43 Å². The predicted octanol–water partition coefficient (Wildman–Crippen LogP) is 1.11. The van der Waals surface area contributed by atoms with Crippen LogP contribution >= 0.6 is 0 Å². The van der Waals surface area contributed by atoms with E-state index in [-0.39, 0.29) is 0 Å². The van der Waals surface area contributed by atoms with Crippen molar-refractivity contribution < 1.29 is 4.74 Å². The Morgan fingerprint density at radius 2 is 1.83 bits per heavy atom. The molecule has 0 radical (unpaired) electrons. The van der Waals surface area contributed by atoms with Gasteiger partial charge in [-0.2, -0.15) is 0 Å². The van der Waals surface area contributed by atoms with Crippen molar-refractivity contribution in [2.75, 3.05) is 27.2 Å². The third-order valence-electron chi connectivity index (χ3n) is 1.85. The van der Waals surface area contributed by atoms with Gasteiger partial charge in [-0.3, -0.25) is 10.4 Å². The molecule has 0 bridgehead atoms. The van der Waals surface area contributed by atoms with Gasteiger partial charge < -0.3 is 4.74 Å². The fourth-order valence-electron chi connectivity index (χ4n) is 0.707. The molecule has 0 amide bonds. The van der Waals surface area contributed by atoms with Crippen LogP contribution in [-0.4, -0.2) is 38.4 Å². The van der Waals surface area contributed by atoms with Crippen molar-refractivity contribution >= 4 is 0 Å². The molecule has 0 aliphatic heterocycles. The summed E-state index contributed by atoms with van der Waals surface area (Å²) in [5, 5.41) is 1.93. The zero-order valence-corrected chi connectivity index (χ0v) is 8.92. The first-order valence-corrected chi connectivity index (χ1v) is 4.56. The van der Waals surface area contributed by atoms with Gasteiger partial charge in [0.05, 0.1) is 12.7 Å². The van der Waals surface area contributed by atoms with Gasteiger partial charge in [-0.25, -0.2) is 0 Å². The first-order chi connectivity index (χ1) is 5.54. The maximum atomic E-state index is 5.56. The van der Waals surface area contributed by atoms with Gasteiger partial charge in [0.2, 0.25) is 0 Å². The summed E-state index contributed by atoms with van der Waals surface area (Å²) >= 11 is 0. The van der Waals surface area contributed by atoms with Crippen LogP contribution in [0.15, 0.2) is 0 Å². The SMILES string of the molecule is CC(C)C(C)OCCNN(C)C. The van der Waals surface area contributed by atoms with E-state index in [1.807, 2.05) is 19.1 Å². The molecule has 0 aromatic carbocycles. The van der Waals surface area contributed by atoms with Gasteiger partial charge in [-0.05, 0) is 12.8 Å². The molecular weight excluding hydrogens is 152 g/mol. The number of hydrogen-bond acceptors (Lipinski definition) is 3. The summed E-state index contributed by atoms with van der Waals surface area (Å²) in [5.74, 6) is 0.601. The van der Waals surface area contributed by atoms with E-state index in [0.29, 0.717) is 12.0 Å². The zero-order chi connectivity index (χ0) is 9.56. The second-order valence-electron chi connectivity index (χ2n) is 3.62. The minimum atomic E-state index is 0.356. The minimum absolute atomic E-state index is 0.356. The summed E-state index contributed by atoms with van der Waals surface area (Å²) in [4.78, 5) is 0. The number of nitrogens with one attached hydrogen (secondary N) is 1. The lowest BCUT2D eigenvalue weighted by Crippen LogP contribution is -2.34. The summed E-state index contributed by atoms with van der Waals surface area (Å²) in [6.45, 7) is 8.11. The molecule has 1 unspecified atom stereocenters. The van der Waals surface area contributed by atoms with Crippen LogP contribution in [0.25, 0.3) is 0 Å². The smallest absolute Gasteiger partial charge is 0.0608 e. The molecule has 0 rings (SSSR count). The Morgan fingerprint density at radius 1 is 1.25 bits per heavy atom. The fraction of sp³-hybridized carbons (Fsp3) is 1.00. The van der Waals surface area contributed by atoms with Crippen molar-refractivity contribution in [3.05, 3.63) is 0 Å². The lowest BCUT2D eigenvalue weighted by atomic mass is 10.1. The van der Waals surface area contributed by atoms with E-state index in [1.165, 1.54) is 0 Å². The molecular formula is C9H22N2O. The third-order valence-corrected chi connectivity index (χ3v) is 1.85. The van der Waals surface area contributed by atoms with Gasteiger partial charge in [0, 0.05) is 20.6 Å². The van der Waals surface area contributed by atoms with E-state index in [9.17, 15) is 0 Å². The molecule has 0 heterocycles. The Hall–Kier alpha value is -0.120. The molecule has 1 atom stereocenters. The predicted molar refractivity (Wildman–Crippen MR) is 51.9 cm³/mol. The van der Waals surface area contributed by atoms with Gasteiger partial charge >= 0.3 is 0 Å². The Bertz CT molecular complexity index is 105. The molecule has 3 heteroatoms. The maximum absolute atomic E-state index is 5.56. The first kappa shape index (κ1) is 11.9. The standard InChI is InChI=1S/C9H22N2O/c1-8(2)9(3)12-7-6-10-11(4)5/h8-10H,6-7H2,1-5H3. The molecule has 0 aromatic rings. The molecule has 0 aliphatic rings. The monoisotopic (exact) mass is 174 g/mol. The zero-order valence-electron chi connectivity index (χ0n) is 8.92. The van der Waals surface area contributed by atoms with Crippen molar-refractivity contribution in [2.45, 2.75) is 26.9 Å². The van der Waals surface area contributed by atoms with Gasteiger partial charge in [-0.15, -0.1) is 0 Å². The van der Waals surface area contributed by atoms with E-state index in [1.54, 1.807) is 0 Å². The number of rotatable bonds is 6. The quantitative estimate of drug-likeness (QED) is 0.482. The number of hydrazine groups is 1. The van der Waals surface area contributed by atoms with Gasteiger partial charge in [0.25, 0.3) is 0 Å². The highest BCUT2D eigenvalue weighted by Crippen LogP contribution is 2.03. The lowest BCUT2D eigenvalue weighted by molar-refractivity contribution is 0.0312. The van der Waals surface area contributed by atoms with E-state index in [2.05, 4.69) is 26.2 Å². The van der Waals surface area contributed by atoms with Crippen molar-refractivity contribution in [1.82, 2.24) is 10.4 Å². The van der Waals surface area contributed by atoms with Gasteiger partial charge in [0.1, 0.15) is 0 Å². The molecule has 0 spiro atoms. The third kappa shape index (κ3) is 6.58. The average Bonchev–Trinajstić information content (AvgIpc) is 1.97. The number of nitrogens with zero attached hydrogens (tertiary/aromatic N) is 1.